The van der Waals surface area contributed by atoms with Gasteiger partial charge in [-0.3, -0.25) is 4.79 Å². The summed E-state index contributed by atoms with van der Waals surface area (Å²) >= 11 is 3.42. The van der Waals surface area contributed by atoms with E-state index in [1.807, 2.05) is 19.1 Å². The second-order valence-corrected chi connectivity index (χ2v) is 5.23. The molecule has 1 heterocycles. The van der Waals surface area contributed by atoms with Crippen molar-refractivity contribution in [3.05, 3.63) is 27.9 Å². The molecule has 0 radical (unpaired) electrons. The molecule has 0 amide bonds. The maximum atomic E-state index is 10.9. The Kier molecular flexibility index (Phi) is 3.82. The number of aromatic amines is 1. The van der Waals surface area contributed by atoms with Crippen LogP contribution in [0.2, 0.25) is 0 Å². The van der Waals surface area contributed by atoms with Gasteiger partial charge in [0.25, 0.3) is 0 Å². The standard InChI is InChI=1S/C13H15BrN2O3/c1-6-3-7(19-2)4-8-9(5-10(15)13(17)18)12(14)16-11(6)8/h3-4,10,16H,5,15H2,1-2H3,(H,17,18). The number of aryl methyl sites for hydroxylation is 1. The number of fused-ring (bicyclic) bond motifs is 1. The van der Waals surface area contributed by atoms with Crippen molar-refractivity contribution in [1.82, 2.24) is 4.98 Å². The fourth-order valence-electron chi connectivity index (χ4n) is 2.09. The van der Waals surface area contributed by atoms with Gasteiger partial charge in [0.1, 0.15) is 11.8 Å². The maximum absolute atomic E-state index is 10.9. The SMILES string of the molecule is COc1cc(C)c2[nH]c(Br)c(CC(N)C(=O)O)c2c1. The number of ether oxygens (including phenoxy) is 1. The van der Waals surface area contributed by atoms with E-state index in [0.29, 0.717) is 0 Å². The molecule has 0 aliphatic rings. The molecule has 5 nitrogen and oxygen atoms in total. The van der Waals surface area contributed by atoms with Crippen molar-refractivity contribution in [3.63, 3.8) is 0 Å². The highest BCUT2D eigenvalue weighted by atomic mass is 79.9. The van der Waals surface area contributed by atoms with E-state index < -0.39 is 12.0 Å². The first-order chi connectivity index (χ1) is 8.93. The molecule has 0 spiro atoms. The number of nitrogens with two attached hydrogens (primary N) is 1. The van der Waals surface area contributed by atoms with Gasteiger partial charge in [0, 0.05) is 17.3 Å². The van der Waals surface area contributed by atoms with Gasteiger partial charge >= 0.3 is 5.97 Å². The van der Waals surface area contributed by atoms with Crippen LogP contribution in [0.25, 0.3) is 10.9 Å². The van der Waals surface area contributed by atoms with Crippen LogP contribution in [0, 0.1) is 6.92 Å². The largest absolute Gasteiger partial charge is 0.497 e. The van der Waals surface area contributed by atoms with E-state index in [4.69, 9.17) is 15.6 Å². The number of carboxylic acid groups (broad SMARTS) is 1. The first kappa shape index (κ1) is 13.9. The van der Waals surface area contributed by atoms with Gasteiger partial charge in [0.2, 0.25) is 0 Å². The number of nitrogens with one attached hydrogen (secondary N) is 1. The van der Waals surface area contributed by atoms with E-state index in [2.05, 4.69) is 20.9 Å². The molecule has 0 aliphatic carbocycles. The molecule has 2 aromatic rings. The van der Waals surface area contributed by atoms with E-state index in [-0.39, 0.29) is 6.42 Å². The number of aliphatic carboxylic acids is 1. The fourth-order valence-corrected chi connectivity index (χ4v) is 2.66. The van der Waals surface area contributed by atoms with E-state index in [1.165, 1.54) is 0 Å². The second-order valence-electron chi connectivity index (χ2n) is 4.43. The van der Waals surface area contributed by atoms with E-state index in [9.17, 15) is 4.79 Å². The van der Waals surface area contributed by atoms with Crippen LogP contribution in [0.5, 0.6) is 5.75 Å². The molecule has 1 aromatic carbocycles. The van der Waals surface area contributed by atoms with Gasteiger partial charge in [0.05, 0.1) is 11.7 Å². The summed E-state index contributed by atoms with van der Waals surface area (Å²) in [5.74, 6) is -0.275. The highest BCUT2D eigenvalue weighted by molar-refractivity contribution is 9.10. The third kappa shape index (κ3) is 2.59. The third-order valence-corrected chi connectivity index (χ3v) is 3.79. The molecule has 1 unspecified atom stereocenters. The van der Waals surface area contributed by atoms with Crippen molar-refractivity contribution >= 4 is 32.8 Å². The highest BCUT2D eigenvalue weighted by Crippen LogP contribution is 2.32. The van der Waals surface area contributed by atoms with Crippen LogP contribution in [0.1, 0.15) is 11.1 Å². The van der Waals surface area contributed by atoms with Crippen LogP contribution in [0.15, 0.2) is 16.7 Å². The van der Waals surface area contributed by atoms with Gasteiger partial charge in [-0.05, 0) is 46.1 Å². The number of H-pyrrole nitrogens is 1. The highest BCUT2D eigenvalue weighted by Gasteiger charge is 2.19. The summed E-state index contributed by atoms with van der Waals surface area (Å²) in [5.41, 5.74) is 8.46. The number of hydrogen-bond donors (Lipinski definition) is 3. The minimum Gasteiger partial charge on any atom is -0.497 e. The molecule has 1 atom stereocenters. The van der Waals surface area contributed by atoms with Gasteiger partial charge in [-0.2, -0.15) is 0 Å². The van der Waals surface area contributed by atoms with E-state index >= 15 is 0 Å². The number of benzene rings is 1. The minimum atomic E-state index is -1.01. The van der Waals surface area contributed by atoms with E-state index in [1.54, 1.807) is 7.11 Å². The van der Waals surface area contributed by atoms with Crippen molar-refractivity contribution in [2.45, 2.75) is 19.4 Å². The molecule has 6 heteroatoms. The molecular weight excluding hydrogens is 312 g/mol. The summed E-state index contributed by atoms with van der Waals surface area (Å²) in [6.07, 6.45) is 0.253. The van der Waals surface area contributed by atoms with Crippen LogP contribution in [-0.2, 0) is 11.2 Å². The van der Waals surface area contributed by atoms with E-state index in [0.717, 1.165) is 32.4 Å². The monoisotopic (exact) mass is 326 g/mol. The number of carbonyl (C=O) groups is 1. The van der Waals surface area contributed by atoms with Crippen LogP contribution in [0.4, 0.5) is 0 Å². The Hall–Kier alpha value is -1.53. The lowest BCUT2D eigenvalue weighted by molar-refractivity contribution is -0.138. The number of hydrogen-bond acceptors (Lipinski definition) is 3. The fraction of sp³-hybridized carbons (Fsp3) is 0.308. The Bertz CT molecular complexity index is 636. The Labute approximate surface area is 118 Å². The van der Waals surface area contributed by atoms with Crippen LogP contribution in [0.3, 0.4) is 0 Å². The molecule has 0 bridgehead atoms. The van der Waals surface area contributed by atoms with Gasteiger partial charge < -0.3 is 20.6 Å². The van der Waals surface area contributed by atoms with Crippen molar-refractivity contribution < 1.29 is 14.6 Å². The summed E-state index contributed by atoms with van der Waals surface area (Å²) in [6.45, 7) is 1.97. The zero-order valence-electron chi connectivity index (χ0n) is 10.7. The number of carboxylic acids is 1. The topological polar surface area (TPSA) is 88.3 Å². The smallest absolute Gasteiger partial charge is 0.320 e. The first-order valence-electron chi connectivity index (χ1n) is 5.77. The lowest BCUT2D eigenvalue weighted by atomic mass is 10.0. The molecule has 19 heavy (non-hydrogen) atoms. The number of aromatic nitrogens is 1. The van der Waals surface area contributed by atoms with Crippen molar-refractivity contribution in [3.8, 4) is 5.75 Å². The summed E-state index contributed by atoms with van der Waals surface area (Å²) < 4.78 is 6.00. The van der Waals surface area contributed by atoms with Gasteiger partial charge in [-0.25, -0.2) is 0 Å². The summed E-state index contributed by atoms with van der Waals surface area (Å²) in [6, 6.07) is 2.88. The Morgan fingerprint density at radius 2 is 2.26 bits per heavy atom. The minimum absolute atomic E-state index is 0.253. The number of rotatable bonds is 4. The molecular formula is C13H15BrN2O3. The summed E-state index contributed by atoms with van der Waals surface area (Å²) in [7, 11) is 1.60. The molecule has 1 aromatic heterocycles. The Balaban J connectivity index is 2.56. The average Bonchev–Trinajstić information content (AvgIpc) is 2.67. The molecule has 2 rings (SSSR count). The normalized spacial score (nSPS) is 12.6. The Morgan fingerprint density at radius 1 is 1.58 bits per heavy atom. The molecule has 102 valence electrons. The Morgan fingerprint density at radius 3 is 2.84 bits per heavy atom. The predicted octanol–water partition coefficient (Wildman–Crippen LogP) is 2.20. The van der Waals surface area contributed by atoms with Crippen molar-refractivity contribution in [2.24, 2.45) is 5.73 Å². The first-order valence-corrected chi connectivity index (χ1v) is 6.56. The van der Waals surface area contributed by atoms with Gasteiger partial charge in [-0.15, -0.1) is 0 Å². The molecule has 0 aliphatic heterocycles. The second kappa shape index (κ2) is 5.22. The molecule has 0 saturated heterocycles. The molecule has 4 N–H and O–H groups in total. The lowest BCUT2D eigenvalue weighted by Crippen LogP contribution is -2.32. The molecule has 0 fully saturated rings. The van der Waals surface area contributed by atoms with Crippen molar-refractivity contribution in [2.75, 3.05) is 7.11 Å². The van der Waals surface area contributed by atoms with Crippen LogP contribution >= 0.6 is 15.9 Å². The van der Waals surface area contributed by atoms with Gasteiger partial charge in [0.15, 0.2) is 0 Å². The summed E-state index contributed by atoms with van der Waals surface area (Å²) in [4.78, 5) is 14.1. The predicted molar refractivity (Wildman–Crippen MR) is 76.6 cm³/mol. The zero-order chi connectivity index (χ0) is 14.2. The van der Waals surface area contributed by atoms with Crippen LogP contribution < -0.4 is 10.5 Å². The maximum Gasteiger partial charge on any atom is 0.320 e. The molecule has 0 saturated carbocycles. The zero-order valence-corrected chi connectivity index (χ0v) is 12.2. The average molecular weight is 327 g/mol. The van der Waals surface area contributed by atoms with Crippen molar-refractivity contribution in [1.29, 1.82) is 0 Å². The van der Waals surface area contributed by atoms with Gasteiger partial charge in [-0.1, -0.05) is 0 Å². The van der Waals surface area contributed by atoms with Crippen LogP contribution in [-0.4, -0.2) is 29.2 Å². The quantitative estimate of drug-likeness (QED) is 0.803. The number of halogens is 1. The number of methoxy groups -OCH3 is 1. The summed E-state index contributed by atoms with van der Waals surface area (Å²) in [5, 5.41) is 9.85. The lowest BCUT2D eigenvalue weighted by Gasteiger charge is -2.07. The third-order valence-electron chi connectivity index (χ3n) is 3.11.